The van der Waals surface area contributed by atoms with E-state index in [2.05, 4.69) is 39.0 Å². The number of piperazine rings is 1. The van der Waals surface area contributed by atoms with Crippen LogP contribution in [0, 0.1) is 0 Å². The van der Waals surface area contributed by atoms with Crippen molar-refractivity contribution in [3.8, 4) is 5.75 Å². The summed E-state index contributed by atoms with van der Waals surface area (Å²) in [6.07, 6.45) is 4.10. The summed E-state index contributed by atoms with van der Waals surface area (Å²) in [5.74, 6) is 0.868. The summed E-state index contributed by atoms with van der Waals surface area (Å²) < 4.78 is 5.53. The van der Waals surface area contributed by atoms with E-state index in [1.165, 1.54) is 16.6 Å². The van der Waals surface area contributed by atoms with Gasteiger partial charge in [-0.25, -0.2) is 0 Å². The van der Waals surface area contributed by atoms with Crippen LogP contribution in [0.3, 0.4) is 0 Å². The number of H-pyrrole nitrogens is 1. The molecular formula is C24H29ClN4O2. The van der Waals surface area contributed by atoms with Crippen molar-refractivity contribution < 1.29 is 9.53 Å². The van der Waals surface area contributed by atoms with E-state index in [-0.39, 0.29) is 24.9 Å². The van der Waals surface area contributed by atoms with Crippen molar-refractivity contribution in [2.75, 3.05) is 55.7 Å². The first-order chi connectivity index (χ1) is 14.8. The molecule has 0 unspecified atom stereocenters. The first-order valence-corrected chi connectivity index (χ1v) is 10.8. The molecule has 6 nitrogen and oxygen atoms in total. The molecule has 1 saturated heterocycles. The summed E-state index contributed by atoms with van der Waals surface area (Å²) >= 11 is 0. The van der Waals surface area contributed by atoms with Gasteiger partial charge in [0, 0.05) is 55.5 Å². The molecule has 3 aromatic rings. The van der Waals surface area contributed by atoms with Crippen molar-refractivity contribution in [3.05, 3.63) is 54.7 Å². The Labute approximate surface area is 189 Å². The van der Waals surface area contributed by atoms with Crippen molar-refractivity contribution in [3.63, 3.8) is 0 Å². The first-order valence-electron chi connectivity index (χ1n) is 10.8. The van der Waals surface area contributed by atoms with Crippen LogP contribution in [0.15, 0.2) is 54.7 Å². The van der Waals surface area contributed by atoms with Crippen LogP contribution in [0.4, 0.5) is 11.4 Å². The highest BCUT2D eigenvalue weighted by Crippen LogP contribution is 2.31. The van der Waals surface area contributed by atoms with E-state index in [1.54, 1.807) is 0 Å². The standard InChI is InChI=1S/C24H28N4O2.ClH/c29-24-18-30-23-6-2-1-5-22(23)28(24)12-4-3-11-26-13-15-27(16-14-26)20-7-8-21-19(17-20)9-10-25-21;/h1-2,5-10,17,25H,3-4,11-16,18H2;1H. The van der Waals surface area contributed by atoms with Crippen LogP contribution in [0.1, 0.15) is 12.8 Å². The quantitative estimate of drug-likeness (QED) is 0.590. The van der Waals surface area contributed by atoms with Crippen molar-refractivity contribution in [2.24, 2.45) is 0 Å². The number of benzene rings is 2. The lowest BCUT2D eigenvalue weighted by Gasteiger charge is -2.36. The van der Waals surface area contributed by atoms with Crippen LogP contribution in [0.25, 0.3) is 10.9 Å². The van der Waals surface area contributed by atoms with Gasteiger partial charge >= 0.3 is 0 Å². The number of carbonyl (C=O) groups is 1. The minimum Gasteiger partial charge on any atom is -0.482 e. The van der Waals surface area contributed by atoms with Crippen LogP contribution >= 0.6 is 12.4 Å². The second-order valence-corrected chi connectivity index (χ2v) is 8.09. The summed E-state index contributed by atoms with van der Waals surface area (Å²) in [6.45, 7) is 6.29. The Bertz CT molecular complexity index is 1030. The van der Waals surface area contributed by atoms with Crippen LogP contribution in [-0.2, 0) is 4.79 Å². The number of ether oxygens (including phenoxy) is 1. The third-order valence-corrected chi connectivity index (χ3v) is 6.19. The molecule has 0 spiro atoms. The molecule has 7 heteroatoms. The second kappa shape index (κ2) is 9.62. The molecule has 2 aliphatic heterocycles. The molecule has 1 amide bonds. The maximum Gasteiger partial charge on any atom is 0.265 e. The Balaban J connectivity index is 0.00000231. The lowest BCUT2D eigenvalue weighted by Crippen LogP contribution is -2.46. The van der Waals surface area contributed by atoms with Gasteiger partial charge in [-0.2, -0.15) is 0 Å². The van der Waals surface area contributed by atoms with Crippen molar-refractivity contribution >= 4 is 40.6 Å². The maximum absolute atomic E-state index is 12.3. The summed E-state index contributed by atoms with van der Waals surface area (Å²) in [4.78, 5) is 22.4. The summed E-state index contributed by atoms with van der Waals surface area (Å²) in [7, 11) is 0. The maximum atomic E-state index is 12.3. The molecule has 31 heavy (non-hydrogen) atoms. The third kappa shape index (κ3) is 4.65. The van der Waals surface area contributed by atoms with Crippen molar-refractivity contribution in [1.82, 2.24) is 9.88 Å². The average Bonchev–Trinajstić information content (AvgIpc) is 3.26. The molecule has 1 fully saturated rings. The van der Waals surface area contributed by atoms with Crippen molar-refractivity contribution in [1.29, 1.82) is 0 Å². The van der Waals surface area contributed by atoms with Gasteiger partial charge in [0.2, 0.25) is 0 Å². The molecule has 2 aliphatic rings. The molecule has 3 heterocycles. The van der Waals surface area contributed by atoms with Crippen molar-refractivity contribution in [2.45, 2.75) is 12.8 Å². The number of rotatable bonds is 6. The lowest BCUT2D eigenvalue weighted by atomic mass is 10.2. The van der Waals surface area contributed by atoms with Gasteiger partial charge in [0.1, 0.15) is 5.75 Å². The van der Waals surface area contributed by atoms with Gasteiger partial charge in [-0.3, -0.25) is 9.69 Å². The number of nitrogens with zero attached hydrogens (tertiary/aromatic N) is 3. The smallest absolute Gasteiger partial charge is 0.265 e. The van der Waals surface area contributed by atoms with Gasteiger partial charge in [-0.05, 0) is 55.8 Å². The molecule has 1 N–H and O–H groups in total. The molecule has 2 aromatic carbocycles. The zero-order valence-corrected chi connectivity index (χ0v) is 18.4. The van der Waals surface area contributed by atoms with E-state index in [9.17, 15) is 4.79 Å². The van der Waals surface area contributed by atoms with E-state index in [0.29, 0.717) is 0 Å². The van der Waals surface area contributed by atoms with E-state index in [1.807, 2.05) is 35.4 Å². The minimum absolute atomic E-state index is 0. The van der Waals surface area contributed by atoms with Crippen LogP contribution in [0.5, 0.6) is 5.75 Å². The molecule has 5 rings (SSSR count). The molecule has 0 atom stereocenters. The average molecular weight is 441 g/mol. The fourth-order valence-electron chi connectivity index (χ4n) is 4.47. The number of halogens is 1. The number of anilines is 2. The fraction of sp³-hybridized carbons (Fsp3) is 0.375. The Hall–Kier alpha value is -2.70. The number of aromatic nitrogens is 1. The number of para-hydroxylation sites is 2. The summed E-state index contributed by atoms with van der Waals surface area (Å²) in [5, 5.41) is 1.27. The highest BCUT2D eigenvalue weighted by Gasteiger charge is 2.24. The van der Waals surface area contributed by atoms with Crippen LogP contribution in [-0.4, -0.2) is 61.7 Å². The largest absolute Gasteiger partial charge is 0.482 e. The number of unbranched alkanes of at least 4 members (excludes halogenated alkanes) is 1. The van der Waals surface area contributed by atoms with Crippen LogP contribution < -0.4 is 14.5 Å². The van der Waals surface area contributed by atoms with E-state index in [0.717, 1.165) is 63.5 Å². The number of nitrogens with one attached hydrogen (secondary N) is 1. The Morgan fingerprint density at radius 1 is 0.935 bits per heavy atom. The minimum atomic E-state index is 0. The summed E-state index contributed by atoms with van der Waals surface area (Å²) in [5.41, 5.74) is 3.41. The normalized spacial score (nSPS) is 16.7. The Kier molecular flexibility index (Phi) is 6.68. The van der Waals surface area contributed by atoms with Gasteiger partial charge in [-0.15, -0.1) is 12.4 Å². The number of aromatic amines is 1. The number of hydrogen-bond acceptors (Lipinski definition) is 4. The SMILES string of the molecule is Cl.O=C1COc2ccccc2N1CCCCN1CCN(c2ccc3[nH]ccc3c2)CC1. The summed E-state index contributed by atoms with van der Waals surface area (Å²) in [6, 6.07) is 16.6. The van der Waals surface area contributed by atoms with E-state index in [4.69, 9.17) is 4.74 Å². The number of carbonyl (C=O) groups excluding carboxylic acids is 1. The molecule has 0 aliphatic carbocycles. The molecular weight excluding hydrogens is 412 g/mol. The third-order valence-electron chi connectivity index (χ3n) is 6.19. The number of fused-ring (bicyclic) bond motifs is 2. The Morgan fingerprint density at radius 2 is 1.74 bits per heavy atom. The van der Waals surface area contributed by atoms with E-state index >= 15 is 0 Å². The lowest BCUT2D eigenvalue weighted by molar-refractivity contribution is -0.121. The number of amides is 1. The van der Waals surface area contributed by atoms with E-state index < -0.39 is 0 Å². The predicted molar refractivity (Wildman–Crippen MR) is 128 cm³/mol. The van der Waals surface area contributed by atoms with Gasteiger partial charge in [0.15, 0.2) is 6.61 Å². The monoisotopic (exact) mass is 440 g/mol. The Morgan fingerprint density at radius 3 is 2.61 bits per heavy atom. The zero-order valence-electron chi connectivity index (χ0n) is 17.6. The van der Waals surface area contributed by atoms with Gasteiger partial charge in [-0.1, -0.05) is 12.1 Å². The number of hydrogen-bond donors (Lipinski definition) is 1. The highest BCUT2D eigenvalue weighted by atomic mass is 35.5. The first kappa shape index (κ1) is 21.5. The van der Waals surface area contributed by atoms with Gasteiger partial charge in [0.25, 0.3) is 5.91 Å². The predicted octanol–water partition coefficient (Wildman–Crippen LogP) is 3.92. The second-order valence-electron chi connectivity index (χ2n) is 8.09. The topological polar surface area (TPSA) is 51.8 Å². The molecule has 0 saturated carbocycles. The van der Waals surface area contributed by atoms with Gasteiger partial charge < -0.3 is 19.5 Å². The molecule has 0 bridgehead atoms. The molecule has 0 radical (unpaired) electrons. The molecule has 164 valence electrons. The molecule has 1 aromatic heterocycles. The fourth-order valence-corrected chi connectivity index (χ4v) is 4.47. The zero-order chi connectivity index (χ0) is 20.3. The van der Waals surface area contributed by atoms with Gasteiger partial charge in [0.05, 0.1) is 5.69 Å². The highest BCUT2D eigenvalue weighted by molar-refractivity contribution is 5.97. The van der Waals surface area contributed by atoms with Crippen LogP contribution in [0.2, 0.25) is 0 Å².